The lowest BCUT2D eigenvalue weighted by atomic mass is 9.85. The Morgan fingerprint density at radius 3 is 2.58 bits per heavy atom. The van der Waals surface area contributed by atoms with Crippen LogP contribution in [0.3, 0.4) is 0 Å². The zero-order valence-electron chi connectivity index (χ0n) is 21.3. The Hall–Kier alpha value is -3.59. The van der Waals surface area contributed by atoms with Gasteiger partial charge in [-0.3, -0.25) is 4.79 Å². The third-order valence-corrected chi connectivity index (χ3v) is 9.11. The summed E-state index contributed by atoms with van der Waals surface area (Å²) in [4.78, 5) is 16.8. The van der Waals surface area contributed by atoms with Crippen molar-refractivity contribution in [3.05, 3.63) is 100 Å². The van der Waals surface area contributed by atoms with E-state index >= 15 is 0 Å². The van der Waals surface area contributed by atoms with E-state index in [-0.39, 0.29) is 11.9 Å². The fourth-order valence-corrected chi connectivity index (χ4v) is 6.80. The first kappa shape index (κ1) is 26.0. The summed E-state index contributed by atoms with van der Waals surface area (Å²) < 4.78 is 6.74. The van der Waals surface area contributed by atoms with Gasteiger partial charge in [0.2, 0.25) is 0 Å². The second-order valence-electron chi connectivity index (χ2n) is 9.70. The Labute approximate surface area is 232 Å². The molecule has 6 heteroatoms. The minimum absolute atomic E-state index is 0.0443. The zero-order chi connectivity index (χ0) is 26.6. The number of hydrogen-bond donors (Lipinski definition) is 0. The molecule has 0 radical (unpaired) electrons. The van der Waals surface area contributed by atoms with E-state index < -0.39 is 0 Å². The molecule has 192 valence electrons. The van der Waals surface area contributed by atoms with Gasteiger partial charge in [-0.05, 0) is 73.1 Å². The number of methoxy groups -OCH3 is 1. The summed E-state index contributed by atoms with van der Waals surface area (Å²) in [6, 6.07) is 23.7. The molecular formula is C32H29ClN2O2S. The van der Waals surface area contributed by atoms with Gasteiger partial charge in [0.15, 0.2) is 0 Å². The van der Waals surface area contributed by atoms with E-state index in [1.54, 1.807) is 13.2 Å². The number of amides is 1. The van der Waals surface area contributed by atoms with Crippen LogP contribution in [0.4, 0.5) is 0 Å². The summed E-state index contributed by atoms with van der Waals surface area (Å²) >= 11 is 8.23. The second-order valence-corrected chi connectivity index (χ2v) is 11.1. The lowest BCUT2D eigenvalue weighted by Crippen LogP contribution is -2.41. The second kappa shape index (κ2) is 11.4. The number of benzene rings is 3. The molecule has 5 rings (SSSR count). The summed E-state index contributed by atoms with van der Waals surface area (Å²) in [5.74, 6) is 1.17. The quantitative estimate of drug-likeness (QED) is 0.221. The third-order valence-electron chi connectivity index (χ3n) is 7.45. The lowest BCUT2D eigenvalue weighted by molar-refractivity contribution is 0.0603. The van der Waals surface area contributed by atoms with Crippen molar-refractivity contribution in [1.82, 2.24) is 4.90 Å². The van der Waals surface area contributed by atoms with Gasteiger partial charge in [-0.2, -0.15) is 5.26 Å². The zero-order valence-corrected chi connectivity index (χ0v) is 22.9. The summed E-state index contributed by atoms with van der Waals surface area (Å²) in [7, 11) is 1.65. The van der Waals surface area contributed by atoms with E-state index in [0.717, 1.165) is 58.2 Å². The maximum absolute atomic E-state index is 14.2. The average Bonchev–Trinajstić information content (AvgIpc) is 3.31. The Balaban J connectivity index is 1.54. The van der Waals surface area contributed by atoms with Crippen molar-refractivity contribution in [3.63, 3.8) is 0 Å². The van der Waals surface area contributed by atoms with Crippen LogP contribution in [0, 0.1) is 17.2 Å². The van der Waals surface area contributed by atoms with Gasteiger partial charge in [-0.25, -0.2) is 0 Å². The van der Waals surface area contributed by atoms with Crippen LogP contribution in [0.5, 0.6) is 5.75 Å². The molecule has 0 atom stereocenters. The topological polar surface area (TPSA) is 53.3 Å². The maximum atomic E-state index is 14.2. The fraction of sp³-hybridized carbons (Fsp3) is 0.250. The van der Waals surface area contributed by atoms with Crippen LogP contribution in [0.15, 0.2) is 79.4 Å². The number of hydrogen-bond acceptors (Lipinski definition) is 4. The van der Waals surface area contributed by atoms with Gasteiger partial charge >= 0.3 is 0 Å². The number of nitriles is 1. The Morgan fingerprint density at radius 2 is 1.87 bits per heavy atom. The smallest absolute Gasteiger partial charge is 0.266 e. The van der Waals surface area contributed by atoms with Crippen LogP contribution in [-0.4, -0.2) is 24.0 Å². The van der Waals surface area contributed by atoms with Crippen LogP contribution < -0.4 is 4.74 Å². The van der Waals surface area contributed by atoms with Crippen LogP contribution in [0.1, 0.15) is 46.5 Å². The molecule has 1 saturated carbocycles. The highest BCUT2D eigenvalue weighted by Crippen LogP contribution is 2.39. The molecule has 1 amide bonds. The van der Waals surface area contributed by atoms with E-state index in [1.165, 1.54) is 11.3 Å². The monoisotopic (exact) mass is 540 g/mol. The SMILES string of the molecule is C=CC1CCC(N(Cc2cc(-c3cccc(C#N)c3)ccc2OC)C(=O)c2sc3ccccc3c2Cl)CC1. The van der Waals surface area contributed by atoms with Crippen LogP contribution in [-0.2, 0) is 6.54 Å². The molecule has 4 aromatic rings. The summed E-state index contributed by atoms with van der Waals surface area (Å²) in [5.41, 5.74) is 3.45. The largest absolute Gasteiger partial charge is 0.496 e. The van der Waals surface area contributed by atoms with E-state index in [4.69, 9.17) is 16.3 Å². The Kier molecular flexibility index (Phi) is 7.83. The molecule has 0 aliphatic heterocycles. The predicted molar refractivity (Wildman–Crippen MR) is 156 cm³/mol. The molecule has 1 aliphatic carbocycles. The van der Waals surface area contributed by atoms with Crippen molar-refractivity contribution in [2.45, 2.75) is 38.3 Å². The standard InChI is InChI=1S/C32H29ClN2O2S/c1-3-21-11-14-26(15-12-21)35(32(36)31-30(33)27-9-4-5-10-29(27)38-31)20-25-18-24(13-16-28(25)37-2)23-8-6-7-22(17-23)19-34/h3-10,13,16-18,21,26H,1,11-12,14-15,20H2,2H3. The number of carbonyl (C=O) groups excluding carboxylic acids is 1. The summed E-state index contributed by atoms with van der Waals surface area (Å²) in [6.07, 6.45) is 5.88. The van der Waals surface area contributed by atoms with E-state index in [1.807, 2.05) is 65.6 Å². The van der Waals surface area contributed by atoms with E-state index in [9.17, 15) is 10.1 Å². The number of rotatable bonds is 7. The Bertz CT molecular complexity index is 1530. The van der Waals surface area contributed by atoms with Gasteiger partial charge in [-0.1, -0.05) is 54.1 Å². The molecular weight excluding hydrogens is 512 g/mol. The molecule has 4 nitrogen and oxygen atoms in total. The molecule has 0 bridgehead atoms. The first-order valence-corrected chi connectivity index (χ1v) is 14.0. The first-order valence-electron chi connectivity index (χ1n) is 12.8. The minimum atomic E-state index is -0.0443. The minimum Gasteiger partial charge on any atom is -0.496 e. The molecule has 1 aliphatic rings. The van der Waals surface area contributed by atoms with E-state index in [2.05, 4.69) is 18.7 Å². The van der Waals surface area contributed by atoms with Crippen molar-refractivity contribution in [3.8, 4) is 22.9 Å². The molecule has 0 spiro atoms. The molecule has 1 heterocycles. The fourth-order valence-electron chi connectivity index (χ4n) is 5.33. The highest BCUT2D eigenvalue weighted by molar-refractivity contribution is 7.21. The molecule has 1 aromatic heterocycles. The number of fused-ring (bicyclic) bond motifs is 1. The summed E-state index contributed by atoms with van der Waals surface area (Å²) in [5, 5.41) is 10.8. The van der Waals surface area contributed by atoms with Gasteiger partial charge in [0, 0.05) is 28.2 Å². The first-order chi connectivity index (χ1) is 18.5. The van der Waals surface area contributed by atoms with Crippen molar-refractivity contribution in [2.75, 3.05) is 7.11 Å². The molecule has 0 saturated heterocycles. The van der Waals surface area contributed by atoms with Crippen LogP contribution in [0.2, 0.25) is 5.02 Å². The normalized spacial score (nSPS) is 17.1. The molecule has 0 unspecified atom stereocenters. The van der Waals surface area contributed by atoms with Crippen molar-refractivity contribution >= 4 is 38.9 Å². The van der Waals surface area contributed by atoms with Crippen LogP contribution >= 0.6 is 22.9 Å². The van der Waals surface area contributed by atoms with Gasteiger partial charge in [-0.15, -0.1) is 17.9 Å². The Morgan fingerprint density at radius 1 is 1.11 bits per heavy atom. The number of thiophene rings is 1. The number of nitrogens with zero attached hydrogens (tertiary/aromatic N) is 2. The predicted octanol–water partition coefficient (Wildman–Crippen LogP) is 8.49. The van der Waals surface area contributed by atoms with Gasteiger partial charge in [0.05, 0.1) is 23.8 Å². The molecule has 0 N–H and O–H groups in total. The molecule has 1 fully saturated rings. The highest BCUT2D eigenvalue weighted by Gasteiger charge is 2.32. The number of halogens is 1. The van der Waals surface area contributed by atoms with Crippen molar-refractivity contribution in [2.24, 2.45) is 5.92 Å². The molecule has 38 heavy (non-hydrogen) atoms. The average molecular weight is 541 g/mol. The van der Waals surface area contributed by atoms with Gasteiger partial charge in [0.1, 0.15) is 10.6 Å². The van der Waals surface area contributed by atoms with Gasteiger partial charge < -0.3 is 9.64 Å². The number of carbonyl (C=O) groups is 1. The van der Waals surface area contributed by atoms with Crippen molar-refractivity contribution < 1.29 is 9.53 Å². The van der Waals surface area contributed by atoms with Gasteiger partial charge in [0.25, 0.3) is 5.91 Å². The van der Waals surface area contributed by atoms with Crippen LogP contribution in [0.25, 0.3) is 21.2 Å². The maximum Gasteiger partial charge on any atom is 0.266 e. The third kappa shape index (κ3) is 5.20. The summed E-state index contributed by atoms with van der Waals surface area (Å²) in [6.45, 7) is 4.39. The highest BCUT2D eigenvalue weighted by atomic mass is 35.5. The lowest BCUT2D eigenvalue weighted by Gasteiger charge is -2.36. The molecule has 3 aromatic carbocycles. The number of ether oxygens (including phenoxy) is 1. The number of allylic oxidation sites excluding steroid dienone is 1. The van der Waals surface area contributed by atoms with Crippen molar-refractivity contribution in [1.29, 1.82) is 5.26 Å². The van der Waals surface area contributed by atoms with E-state index in [0.29, 0.717) is 27.9 Å².